The molecule has 0 spiro atoms. The summed E-state index contributed by atoms with van der Waals surface area (Å²) in [5, 5.41) is 9.12. The van der Waals surface area contributed by atoms with Gasteiger partial charge in [-0.3, -0.25) is 0 Å². The highest BCUT2D eigenvalue weighted by Gasteiger charge is 2.00. The number of aliphatic hydroxyl groups is 1. The second-order valence-electron chi connectivity index (χ2n) is 7.47. The van der Waals surface area contributed by atoms with E-state index in [1.54, 1.807) is 0 Å². The Balaban J connectivity index is 0.000000280. The number of hydrogen-bond donors (Lipinski definition) is 1. The van der Waals surface area contributed by atoms with Gasteiger partial charge in [-0.05, 0) is 60.4 Å². The molecule has 150 valence electrons. The van der Waals surface area contributed by atoms with Crippen molar-refractivity contribution < 1.29 is 6.48 Å². The summed E-state index contributed by atoms with van der Waals surface area (Å²) >= 11 is 0. The van der Waals surface area contributed by atoms with Crippen molar-refractivity contribution >= 4 is 0 Å². The monoisotopic (exact) mass is 369 g/mol. The van der Waals surface area contributed by atoms with Crippen molar-refractivity contribution in [2.45, 2.75) is 92.6 Å². The van der Waals surface area contributed by atoms with Crippen LogP contribution in [0.5, 0.6) is 0 Å². The molecule has 27 heavy (non-hydrogen) atoms. The minimum atomic E-state index is 0.161. The molecule has 0 bridgehead atoms. The van der Waals surface area contributed by atoms with E-state index in [0.29, 0.717) is 6.90 Å². The smallest absolute Gasteiger partial charge is 0.0682 e. The van der Waals surface area contributed by atoms with Crippen LogP contribution in [0.1, 0.15) is 88.1 Å². The van der Waals surface area contributed by atoms with Gasteiger partial charge in [0.25, 0.3) is 0 Å². The lowest BCUT2D eigenvalue weighted by Gasteiger charge is -2.07. The van der Waals surface area contributed by atoms with Crippen molar-refractivity contribution in [3.63, 3.8) is 0 Å². The molecule has 0 saturated heterocycles. The molecule has 0 aromatic heterocycles. The van der Waals surface area contributed by atoms with E-state index < -0.39 is 0 Å². The Labute approximate surface area is 169 Å². The van der Waals surface area contributed by atoms with E-state index in [1.165, 1.54) is 53.5 Å². The summed E-state index contributed by atoms with van der Waals surface area (Å²) in [5.41, 5.74) is 7.75. The first-order valence-corrected chi connectivity index (χ1v) is 10.7. The van der Waals surface area contributed by atoms with Crippen LogP contribution in [0.15, 0.2) is 36.4 Å². The van der Waals surface area contributed by atoms with Gasteiger partial charge in [0.05, 0.1) is 6.61 Å². The molecule has 0 saturated carbocycles. The van der Waals surface area contributed by atoms with Crippen molar-refractivity contribution in [2.75, 3.05) is 0 Å². The predicted molar refractivity (Wildman–Crippen MR) is 120 cm³/mol. The fourth-order valence-electron chi connectivity index (χ4n) is 3.50. The third-order valence-electron chi connectivity index (χ3n) is 4.56. The number of rotatable bonds is 9. The Hall–Kier alpha value is -1.60. The molecule has 0 aliphatic rings. The minimum Gasteiger partial charge on any atom is -0.392 e. The molecular formula is C26H40O. The Morgan fingerprint density at radius 1 is 0.593 bits per heavy atom. The van der Waals surface area contributed by atoms with E-state index in [-0.39, 0.29) is 6.61 Å². The quantitative estimate of drug-likeness (QED) is 0.505. The van der Waals surface area contributed by atoms with Crippen LogP contribution in [0.25, 0.3) is 0 Å². The van der Waals surface area contributed by atoms with Crippen LogP contribution >= 0.6 is 0 Å². The highest BCUT2D eigenvalue weighted by Crippen LogP contribution is 2.14. The molecule has 2 aromatic rings. The number of hydrogen-bond acceptors (Lipinski definition) is 1. The molecule has 2 aromatic carbocycles. The zero-order chi connectivity index (χ0) is 20.8. The van der Waals surface area contributed by atoms with E-state index in [1.807, 2.05) is 0 Å². The van der Waals surface area contributed by atoms with Gasteiger partial charge < -0.3 is 5.11 Å². The zero-order valence-corrected chi connectivity index (χ0v) is 18.0. The third kappa shape index (κ3) is 9.24. The van der Waals surface area contributed by atoms with Crippen molar-refractivity contribution in [3.8, 4) is 0 Å². The van der Waals surface area contributed by atoms with Crippen LogP contribution in [-0.4, -0.2) is 5.11 Å². The fourth-order valence-corrected chi connectivity index (χ4v) is 3.50. The molecule has 0 atom stereocenters. The Morgan fingerprint density at radius 2 is 0.926 bits per heavy atom. The van der Waals surface area contributed by atoms with Crippen LogP contribution in [-0.2, 0) is 32.3 Å². The van der Waals surface area contributed by atoms with Gasteiger partial charge in [-0.1, -0.05) is 95.3 Å². The summed E-state index contributed by atoms with van der Waals surface area (Å²) < 4.78 is 7.40. The average Bonchev–Trinajstić information content (AvgIpc) is 2.69. The maximum atomic E-state index is 9.12. The van der Waals surface area contributed by atoms with Crippen LogP contribution in [0.2, 0.25) is 0 Å². The third-order valence-corrected chi connectivity index (χ3v) is 4.56. The Morgan fingerprint density at radius 3 is 1.22 bits per heavy atom. The lowest BCUT2D eigenvalue weighted by molar-refractivity contribution is 0.281. The Kier molecular flexibility index (Phi) is 10.9. The Bertz CT molecular complexity index is 570. The molecule has 2 rings (SSSR count). The first-order valence-electron chi connectivity index (χ1n) is 11.4. The minimum absolute atomic E-state index is 0.161. The molecule has 0 heterocycles. The van der Waals surface area contributed by atoms with E-state index in [0.717, 1.165) is 31.2 Å². The molecule has 0 aliphatic heterocycles. The fraction of sp³-hybridized carbons (Fsp3) is 0.538. The molecular weight excluding hydrogens is 328 g/mol. The van der Waals surface area contributed by atoms with Crippen molar-refractivity contribution in [2.24, 2.45) is 0 Å². The molecule has 1 nitrogen and oxygen atoms in total. The number of aryl methyl sites for hydroxylation is 5. The van der Waals surface area contributed by atoms with Gasteiger partial charge in [-0.15, -0.1) is 0 Å². The summed E-state index contributed by atoms with van der Waals surface area (Å²) in [6.07, 6.45) is 9.23. The first kappa shape index (κ1) is 21.7. The van der Waals surface area contributed by atoms with Gasteiger partial charge in [0, 0.05) is 1.37 Å². The van der Waals surface area contributed by atoms with E-state index in [9.17, 15) is 0 Å². The molecule has 1 heteroatoms. The lowest BCUT2D eigenvalue weighted by atomic mass is 10.0. The molecule has 0 amide bonds. The SMILES string of the molecule is CCCc1cc(CO)cc(CCC)c1.[2H]Cc1cc(CCC)cc(CCC)c1. The van der Waals surface area contributed by atoms with Gasteiger partial charge in [0.2, 0.25) is 0 Å². The van der Waals surface area contributed by atoms with Crippen molar-refractivity contribution in [1.29, 1.82) is 0 Å². The molecule has 0 unspecified atom stereocenters. The maximum Gasteiger partial charge on any atom is 0.0682 e. The van der Waals surface area contributed by atoms with Crippen LogP contribution in [0.3, 0.4) is 0 Å². The molecule has 0 fully saturated rings. The number of aliphatic hydroxyl groups excluding tert-OH is 1. The topological polar surface area (TPSA) is 20.2 Å². The number of benzene rings is 2. The normalized spacial score (nSPS) is 10.9. The molecule has 0 aliphatic carbocycles. The first-order chi connectivity index (χ1) is 13.6. The van der Waals surface area contributed by atoms with E-state index >= 15 is 0 Å². The standard InChI is InChI=1S/C13H20O.C13H20/c1-3-5-11-7-12(6-4-2)9-13(8-11)10-14;1-4-6-12-8-11(3)9-13(10-12)7-5-2/h7-9,14H,3-6,10H2,1-2H3;8-10H,4-7H2,1-3H3/i;3D. The highest BCUT2D eigenvalue weighted by atomic mass is 16.3. The largest absolute Gasteiger partial charge is 0.392 e. The van der Waals surface area contributed by atoms with Gasteiger partial charge in [0.15, 0.2) is 0 Å². The summed E-state index contributed by atoms with van der Waals surface area (Å²) in [6, 6.07) is 13.1. The summed E-state index contributed by atoms with van der Waals surface area (Å²) in [6.45, 7) is 9.35. The van der Waals surface area contributed by atoms with Gasteiger partial charge in [0.1, 0.15) is 0 Å². The summed E-state index contributed by atoms with van der Waals surface area (Å²) in [7, 11) is 0. The van der Waals surface area contributed by atoms with Crippen LogP contribution in [0, 0.1) is 6.90 Å². The molecule has 0 radical (unpaired) electrons. The van der Waals surface area contributed by atoms with Crippen LogP contribution in [0.4, 0.5) is 0 Å². The molecule has 1 N–H and O–H groups in total. The predicted octanol–water partition coefficient (Wildman–Crippen LogP) is 6.98. The summed E-state index contributed by atoms with van der Waals surface area (Å²) in [5.74, 6) is 0. The zero-order valence-electron chi connectivity index (χ0n) is 19.0. The van der Waals surface area contributed by atoms with E-state index in [4.69, 9.17) is 6.48 Å². The maximum absolute atomic E-state index is 9.12. The van der Waals surface area contributed by atoms with Crippen LogP contribution < -0.4 is 0 Å². The van der Waals surface area contributed by atoms with Crippen molar-refractivity contribution in [3.05, 3.63) is 69.8 Å². The highest BCUT2D eigenvalue weighted by molar-refractivity contribution is 5.30. The van der Waals surface area contributed by atoms with E-state index in [2.05, 4.69) is 64.1 Å². The summed E-state index contributed by atoms with van der Waals surface area (Å²) in [4.78, 5) is 0. The lowest BCUT2D eigenvalue weighted by Crippen LogP contribution is -1.93. The second kappa shape index (κ2) is 13.6. The van der Waals surface area contributed by atoms with Crippen molar-refractivity contribution in [1.82, 2.24) is 0 Å². The average molecular weight is 370 g/mol. The van der Waals surface area contributed by atoms with Gasteiger partial charge in [-0.25, -0.2) is 0 Å². The second-order valence-corrected chi connectivity index (χ2v) is 7.47. The van der Waals surface area contributed by atoms with Gasteiger partial charge in [-0.2, -0.15) is 0 Å². The van der Waals surface area contributed by atoms with Gasteiger partial charge >= 0.3 is 0 Å².